The SMILES string of the molecule is CCN(CC)CC(O)CNC(=O)c1[nH]c2cccc(-c3ccccc3)c2c1OCc1ccccc1. The van der Waals surface area contributed by atoms with Crippen molar-refractivity contribution in [2.75, 3.05) is 26.2 Å². The molecular weight excluding hydrogens is 438 g/mol. The van der Waals surface area contributed by atoms with Gasteiger partial charge in [-0.3, -0.25) is 4.79 Å². The highest BCUT2D eigenvalue weighted by Gasteiger charge is 2.23. The number of carbonyl (C=O) groups excluding carboxylic acids is 1. The molecule has 0 saturated carbocycles. The largest absolute Gasteiger partial charge is 0.486 e. The quantitative estimate of drug-likeness (QED) is 0.292. The van der Waals surface area contributed by atoms with E-state index in [1.165, 1.54) is 0 Å². The fourth-order valence-corrected chi connectivity index (χ4v) is 4.25. The number of ether oxygens (including phenoxy) is 1. The van der Waals surface area contributed by atoms with Gasteiger partial charge in [0.2, 0.25) is 0 Å². The fourth-order valence-electron chi connectivity index (χ4n) is 4.25. The Morgan fingerprint density at radius 1 is 0.971 bits per heavy atom. The normalized spacial score (nSPS) is 12.1. The van der Waals surface area contributed by atoms with E-state index in [9.17, 15) is 9.90 Å². The first-order valence-electron chi connectivity index (χ1n) is 12.2. The van der Waals surface area contributed by atoms with Gasteiger partial charge < -0.3 is 25.0 Å². The van der Waals surface area contributed by atoms with Crippen LogP contribution in [0.5, 0.6) is 5.75 Å². The third-order valence-electron chi connectivity index (χ3n) is 6.18. The molecule has 0 aliphatic carbocycles. The summed E-state index contributed by atoms with van der Waals surface area (Å²) in [4.78, 5) is 18.7. The molecule has 1 unspecified atom stereocenters. The van der Waals surface area contributed by atoms with Crippen LogP contribution in [-0.4, -0.2) is 53.2 Å². The molecule has 6 nitrogen and oxygen atoms in total. The number of hydrogen-bond acceptors (Lipinski definition) is 4. The summed E-state index contributed by atoms with van der Waals surface area (Å²) < 4.78 is 6.30. The molecule has 1 heterocycles. The van der Waals surface area contributed by atoms with Gasteiger partial charge in [0.25, 0.3) is 5.91 Å². The summed E-state index contributed by atoms with van der Waals surface area (Å²) in [7, 11) is 0. The Morgan fingerprint density at radius 3 is 2.34 bits per heavy atom. The zero-order chi connectivity index (χ0) is 24.6. The number of H-pyrrole nitrogens is 1. The third kappa shape index (κ3) is 5.91. The second-order valence-electron chi connectivity index (χ2n) is 8.55. The molecule has 0 spiro atoms. The number of carbonyl (C=O) groups is 1. The van der Waals surface area contributed by atoms with Crippen LogP contribution in [0.15, 0.2) is 78.9 Å². The lowest BCUT2D eigenvalue weighted by molar-refractivity contribution is 0.0862. The first kappa shape index (κ1) is 24.5. The molecule has 6 heteroatoms. The summed E-state index contributed by atoms with van der Waals surface area (Å²) in [6.45, 7) is 6.82. The van der Waals surface area contributed by atoms with E-state index in [0.29, 0.717) is 24.6 Å². The van der Waals surface area contributed by atoms with Crippen molar-refractivity contribution < 1.29 is 14.6 Å². The summed E-state index contributed by atoms with van der Waals surface area (Å²) in [6, 6.07) is 25.9. The Kier molecular flexibility index (Phi) is 8.19. The second-order valence-corrected chi connectivity index (χ2v) is 8.55. The zero-order valence-electron chi connectivity index (χ0n) is 20.3. The van der Waals surface area contributed by atoms with Crippen molar-refractivity contribution in [3.05, 3.63) is 90.1 Å². The molecule has 0 bridgehead atoms. The van der Waals surface area contributed by atoms with E-state index in [1.54, 1.807) is 0 Å². The molecule has 3 aromatic carbocycles. The average molecular weight is 472 g/mol. The number of aromatic nitrogens is 1. The topological polar surface area (TPSA) is 77.6 Å². The second kappa shape index (κ2) is 11.7. The molecule has 0 aliphatic heterocycles. The van der Waals surface area contributed by atoms with E-state index in [4.69, 9.17) is 4.74 Å². The number of amides is 1. The molecule has 1 amide bonds. The van der Waals surface area contributed by atoms with E-state index in [-0.39, 0.29) is 12.5 Å². The zero-order valence-corrected chi connectivity index (χ0v) is 20.3. The highest BCUT2D eigenvalue weighted by atomic mass is 16.5. The Balaban J connectivity index is 1.66. The van der Waals surface area contributed by atoms with Crippen LogP contribution in [0, 0.1) is 0 Å². The highest BCUT2D eigenvalue weighted by Crippen LogP contribution is 2.38. The van der Waals surface area contributed by atoms with Crippen LogP contribution in [0.1, 0.15) is 29.9 Å². The van der Waals surface area contributed by atoms with Crippen LogP contribution >= 0.6 is 0 Å². The molecule has 0 fully saturated rings. The summed E-state index contributed by atoms with van der Waals surface area (Å²) in [6.07, 6.45) is -0.656. The summed E-state index contributed by atoms with van der Waals surface area (Å²) in [5.41, 5.74) is 4.23. The van der Waals surface area contributed by atoms with Crippen LogP contribution < -0.4 is 10.1 Å². The molecule has 0 aliphatic rings. The Labute approximate surface area is 206 Å². The maximum atomic E-state index is 13.3. The van der Waals surface area contributed by atoms with Gasteiger partial charge >= 0.3 is 0 Å². The number of nitrogens with zero attached hydrogens (tertiary/aromatic N) is 1. The molecule has 0 saturated heterocycles. The van der Waals surface area contributed by atoms with Crippen LogP contribution in [0.25, 0.3) is 22.0 Å². The van der Waals surface area contributed by atoms with E-state index in [0.717, 1.165) is 40.7 Å². The first-order valence-corrected chi connectivity index (χ1v) is 12.2. The number of aromatic amines is 1. The summed E-state index contributed by atoms with van der Waals surface area (Å²) in [5, 5.41) is 14.2. The maximum absolute atomic E-state index is 13.3. The molecule has 3 N–H and O–H groups in total. The molecule has 35 heavy (non-hydrogen) atoms. The van der Waals surface area contributed by atoms with Gasteiger partial charge in [-0.25, -0.2) is 0 Å². The lowest BCUT2D eigenvalue weighted by Crippen LogP contribution is -2.40. The van der Waals surface area contributed by atoms with Crippen molar-refractivity contribution in [3.63, 3.8) is 0 Å². The third-order valence-corrected chi connectivity index (χ3v) is 6.18. The molecular formula is C29H33N3O3. The molecule has 0 radical (unpaired) electrons. The van der Waals surface area contributed by atoms with Gasteiger partial charge in [-0.05, 0) is 35.8 Å². The van der Waals surface area contributed by atoms with Crippen molar-refractivity contribution in [1.29, 1.82) is 0 Å². The minimum atomic E-state index is -0.656. The van der Waals surface area contributed by atoms with Gasteiger partial charge in [-0.1, -0.05) is 86.6 Å². The number of nitrogens with one attached hydrogen (secondary N) is 2. The maximum Gasteiger partial charge on any atom is 0.271 e. The molecule has 1 atom stereocenters. The number of aliphatic hydroxyl groups excluding tert-OH is 1. The summed E-state index contributed by atoms with van der Waals surface area (Å²) >= 11 is 0. The van der Waals surface area contributed by atoms with E-state index >= 15 is 0 Å². The average Bonchev–Trinajstić information content (AvgIpc) is 3.29. The number of fused-ring (bicyclic) bond motifs is 1. The van der Waals surface area contributed by atoms with E-state index < -0.39 is 6.10 Å². The number of likely N-dealkylation sites (N-methyl/N-ethyl adjacent to an activating group) is 1. The van der Waals surface area contributed by atoms with E-state index in [1.807, 2.05) is 78.9 Å². The van der Waals surface area contributed by atoms with Crippen LogP contribution in [0.3, 0.4) is 0 Å². The number of hydrogen-bond donors (Lipinski definition) is 3. The number of aliphatic hydroxyl groups is 1. The predicted octanol–water partition coefficient (Wildman–Crippen LogP) is 4.85. The summed E-state index contributed by atoms with van der Waals surface area (Å²) in [5.74, 6) is 0.209. The molecule has 4 rings (SSSR count). The van der Waals surface area contributed by atoms with Crippen molar-refractivity contribution >= 4 is 16.8 Å². The van der Waals surface area contributed by atoms with Gasteiger partial charge in [0, 0.05) is 13.1 Å². The smallest absolute Gasteiger partial charge is 0.271 e. The van der Waals surface area contributed by atoms with Crippen LogP contribution in [0.2, 0.25) is 0 Å². The number of benzene rings is 3. The molecule has 182 valence electrons. The fraction of sp³-hybridized carbons (Fsp3) is 0.276. The van der Waals surface area contributed by atoms with Gasteiger partial charge in [-0.15, -0.1) is 0 Å². The molecule has 1 aromatic heterocycles. The monoisotopic (exact) mass is 471 g/mol. The predicted molar refractivity (Wildman–Crippen MR) is 141 cm³/mol. The van der Waals surface area contributed by atoms with E-state index in [2.05, 4.69) is 29.0 Å². The Morgan fingerprint density at radius 2 is 1.66 bits per heavy atom. The minimum Gasteiger partial charge on any atom is -0.486 e. The van der Waals surface area contributed by atoms with Gasteiger partial charge in [0.15, 0.2) is 5.75 Å². The van der Waals surface area contributed by atoms with Crippen molar-refractivity contribution in [3.8, 4) is 16.9 Å². The Bertz CT molecular complexity index is 1230. The van der Waals surface area contributed by atoms with Crippen LogP contribution in [0.4, 0.5) is 0 Å². The lowest BCUT2D eigenvalue weighted by atomic mass is 10.0. The van der Waals surface area contributed by atoms with Crippen molar-refractivity contribution in [1.82, 2.24) is 15.2 Å². The highest BCUT2D eigenvalue weighted by molar-refractivity contribution is 6.08. The van der Waals surface area contributed by atoms with Crippen LogP contribution in [-0.2, 0) is 6.61 Å². The minimum absolute atomic E-state index is 0.161. The van der Waals surface area contributed by atoms with Gasteiger partial charge in [0.1, 0.15) is 12.3 Å². The standard InChI is InChI=1S/C29H33N3O3/c1-3-32(4-2)19-23(33)18-30-29(34)27-28(35-20-21-12-7-5-8-13-21)26-24(16-11-17-25(26)31-27)22-14-9-6-10-15-22/h5-17,23,31,33H,3-4,18-20H2,1-2H3,(H,30,34). The number of rotatable bonds is 11. The van der Waals surface area contributed by atoms with Crippen molar-refractivity contribution in [2.45, 2.75) is 26.6 Å². The Hall–Kier alpha value is -3.61. The molecule has 4 aromatic rings. The first-order chi connectivity index (χ1) is 17.1. The van der Waals surface area contributed by atoms with Gasteiger partial charge in [0.05, 0.1) is 17.0 Å². The van der Waals surface area contributed by atoms with Crippen molar-refractivity contribution in [2.24, 2.45) is 0 Å². The lowest BCUT2D eigenvalue weighted by Gasteiger charge is -2.22. The van der Waals surface area contributed by atoms with Gasteiger partial charge in [-0.2, -0.15) is 0 Å².